The molecule has 14 heavy (non-hydrogen) atoms. The number of hydrogen-bond acceptors (Lipinski definition) is 2. The molecule has 0 aromatic carbocycles. The van der Waals surface area contributed by atoms with Crippen molar-refractivity contribution in [1.29, 1.82) is 0 Å². The third kappa shape index (κ3) is 2.35. The molecule has 0 saturated carbocycles. The number of carboxylic acid groups (broad SMARTS) is 1. The summed E-state index contributed by atoms with van der Waals surface area (Å²) in [7, 11) is 0. The number of carbonyl (C=O) groups is 1. The number of rotatable bonds is 4. The summed E-state index contributed by atoms with van der Waals surface area (Å²) in [5, 5.41) is 12.8. The molecule has 1 rings (SSSR count). The second-order valence-electron chi connectivity index (χ2n) is 3.21. The van der Waals surface area contributed by atoms with Gasteiger partial charge in [0.05, 0.1) is 12.6 Å². The van der Waals surface area contributed by atoms with E-state index in [0.29, 0.717) is 0 Å². The van der Waals surface area contributed by atoms with Crippen LogP contribution in [0.4, 0.5) is 0 Å². The van der Waals surface area contributed by atoms with Crippen LogP contribution in [0.25, 0.3) is 0 Å². The summed E-state index contributed by atoms with van der Waals surface area (Å²) in [6, 6.07) is 0. The molecule has 5 heteroatoms. The Hall–Kier alpha value is -0.840. The van der Waals surface area contributed by atoms with Gasteiger partial charge in [-0.3, -0.25) is 9.48 Å². The van der Waals surface area contributed by atoms with Crippen LogP contribution in [-0.2, 0) is 11.3 Å². The number of nitrogens with zero attached hydrogens (tertiary/aromatic N) is 2. The normalized spacial score (nSPS) is 12.8. The maximum Gasteiger partial charge on any atom is 0.303 e. The van der Waals surface area contributed by atoms with E-state index in [-0.39, 0.29) is 12.3 Å². The lowest BCUT2D eigenvalue weighted by molar-refractivity contribution is -0.137. The van der Waals surface area contributed by atoms with Crippen LogP contribution in [0.5, 0.6) is 0 Å². The van der Waals surface area contributed by atoms with E-state index in [4.69, 9.17) is 5.11 Å². The molecule has 1 N–H and O–H groups in total. The highest BCUT2D eigenvalue weighted by Crippen LogP contribution is 2.26. The van der Waals surface area contributed by atoms with E-state index in [1.54, 1.807) is 10.9 Å². The molecule has 1 aromatic heterocycles. The minimum absolute atomic E-state index is 0.0119. The fraction of sp³-hybridized carbons (Fsp3) is 0.556. The summed E-state index contributed by atoms with van der Waals surface area (Å²) in [6.45, 7) is 4.65. The van der Waals surface area contributed by atoms with Gasteiger partial charge in [-0.05, 0) is 28.8 Å². The molecule has 1 aromatic rings. The molecule has 4 nitrogen and oxygen atoms in total. The zero-order valence-electron chi connectivity index (χ0n) is 8.20. The highest BCUT2D eigenvalue weighted by molar-refractivity contribution is 9.10. The van der Waals surface area contributed by atoms with Gasteiger partial charge in [-0.15, -0.1) is 0 Å². The second kappa shape index (κ2) is 4.59. The Kier molecular flexibility index (Phi) is 3.69. The Balaban J connectivity index is 2.84. The van der Waals surface area contributed by atoms with E-state index < -0.39 is 5.97 Å². The average Bonchev–Trinajstić information content (AvgIpc) is 2.45. The van der Waals surface area contributed by atoms with E-state index in [1.807, 2.05) is 13.8 Å². The predicted molar refractivity (Wildman–Crippen MR) is 56.3 cm³/mol. The Morgan fingerprint density at radius 1 is 1.79 bits per heavy atom. The Morgan fingerprint density at radius 2 is 2.43 bits per heavy atom. The first-order valence-corrected chi connectivity index (χ1v) is 5.28. The molecule has 1 heterocycles. The predicted octanol–water partition coefficient (Wildman–Crippen LogP) is 2.24. The van der Waals surface area contributed by atoms with Gasteiger partial charge < -0.3 is 5.11 Å². The van der Waals surface area contributed by atoms with E-state index in [9.17, 15) is 4.79 Å². The van der Waals surface area contributed by atoms with Crippen LogP contribution < -0.4 is 0 Å². The lowest BCUT2D eigenvalue weighted by Gasteiger charge is -2.07. The van der Waals surface area contributed by atoms with Crippen LogP contribution in [0.15, 0.2) is 10.8 Å². The van der Waals surface area contributed by atoms with Crippen LogP contribution in [0.1, 0.15) is 31.7 Å². The zero-order valence-corrected chi connectivity index (χ0v) is 9.78. The largest absolute Gasteiger partial charge is 0.481 e. The van der Waals surface area contributed by atoms with Gasteiger partial charge in [-0.25, -0.2) is 0 Å². The van der Waals surface area contributed by atoms with Crippen LogP contribution in [0.3, 0.4) is 0 Å². The first-order chi connectivity index (χ1) is 6.56. The summed E-state index contributed by atoms with van der Waals surface area (Å²) in [4.78, 5) is 10.5. The van der Waals surface area contributed by atoms with Crippen molar-refractivity contribution in [2.24, 2.45) is 0 Å². The summed E-state index contributed by atoms with van der Waals surface area (Å²) in [6.07, 6.45) is 1.86. The number of carboxylic acids is 1. The third-order valence-corrected chi connectivity index (χ3v) is 2.98. The highest BCUT2D eigenvalue weighted by Gasteiger charge is 2.16. The highest BCUT2D eigenvalue weighted by atomic mass is 79.9. The van der Waals surface area contributed by atoms with Crippen LogP contribution in [0, 0.1) is 0 Å². The summed E-state index contributed by atoms with van der Waals surface area (Å²) in [5.41, 5.74) is 0.953. The molecule has 1 unspecified atom stereocenters. The fourth-order valence-electron chi connectivity index (χ4n) is 1.31. The minimum atomic E-state index is -0.784. The molecule has 0 amide bonds. The summed E-state index contributed by atoms with van der Waals surface area (Å²) >= 11 is 3.41. The molecular weight excluding hydrogens is 248 g/mol. The van der Waals surface area contributed by atoms with E-state index in [0.717, 1.165) is 16.7 Å². The van der Waals surface area contributed by atoms with Gasteiger partial charge in [0.15, 0.2) is 0 Å². The molecule has 0 fully saturated rings. The van der Waals surface area contributed by atoms with Crippen LogP contribution >= 0.6 is 15.9 Å². The fourth-order valence-corrected chi connectivity index (χ4v) is 2.14. The van der Waals surface area contributed by atoms with Crippen molar-refractivity contribution in [2.45, 2.75) is 32.7 Å². The van der Waals surface area contributed by atoms with Gasteiger partial charge >= 0.3 is 5.97 Å². The molecule has 0 spiro atoms. The molecule has 0 radical (unpaired) electrons. The number of aliphatic carboxylic acids is 1. The SMILES string of the molecule is CCn1ncc(C(C)CC(=O)O)c1Br. The minimum Gasteiger partial charge on any atom is -0.481 e. The van der Waals surface area contributed by atoms with Crippen LogP contribution in [-0.4, -0.2) is 20.9 Å². The number of aromatic nitrogens is 2. The van der Waals surface area contributed by atoms with Gasteiger partial charge in [-0.2, -0.15) is 5.10 Å². The molecule has 0 aliphatic heterocycles. The van der Waals surface area contributed by atoms with Crippen LogP contribution in [0.2, 0.25) is 0 Å². The van der Waals surface area contributed by atoms with Crippen molar-refractivity contribution in [1.82, 2.24) is 9.78 Å². The van der Waals surface area contributed by atoms with Crippen molar-refractivity contribution < 1.29 is 9.90 Å². The van der Waals surface area contributed by atoms with Crippen molar-refractivity contribution in [3.63, 3.8) is 0 Å². The Bertz CT molecular complexity index is 336. The molecular formula is C9H13BrN2O2. The topological polar surface area (TPSA) is 55.1 Å². The van der Waals surface area contributed by atoms with E-state index in [2.05, 4.69) is 21.0 Å². The van der Waals surface area contributed by atoms with E-state index >= 15 is 0 Å². The van der Waals surface area contributed by atoms with Crippen molar-refractivity contribution in [3.8, 4) is 0 Å². The lowest BCUT2D eigenvalue weighted by Crippen LogP contribution is -2.03. The quantitative estimate of drug-likeness (QED) is 0.904. The van der Waals surface area contributed by atoms with Gasteiger partial charge in [0, 0.05) is 12.1 Å². The maximum atomic E-state index is 10.5. The first kappa shape index (κ1) is 11.2. The molecule has 0 bridgehead atoms. The molecule has 0 aliphatic carbocycles. The monoisotopic (exact) mass is 260 g/mol. The number of halogens is 1. The lowest BCUT2D eigenvalue weighted by atomic mass is 10.0. The Morgan fingerprint density at radius 3 is 2.86 bits per heavy atom. The smallest absolute Gasteiger partial charge is 0.303 e. The summed E-state index contributed by atoms with van der Waals surface area (Å²) in [5.74, 6) is -0.796. The molecule has 0 aliphatic rings. The van der Waals surface area contributed by atoms with Crippen molar-refractivity contribution >= 4 is 21.9 Å². The molecule has 0 saturated heterocycles. The summed E-state index contributed by atoms with van der Waals surface area (Å²) < 4.78 is 2.68. The first-order valence-electron chi connectivity index (χ1n) is 4.49. The number of hydrogen-bond donors (Lipinski definition) is 1. The van der Waals surface area contributed by atoms with Gasteiger partial charge in [-0.1, -0.05) is 6.92 Å². The number of aryl methyl sites for hydroxylation is 1. The second-order valence-corrected chi connectivity index (χ2v) is 3.96. The van der Waals surface area contributed by atoms with Crippen molar-refractivity contribution in [3.05, 3.63) is 16.4 Å². The standard InChI is InChI=1S/C9H13BrN2O2/c1-3-12-9(10)7(5-11-12)6(2)4-8(13)14/h5-6H,3-4H2,1-2H3,(H,13,14). The Labute approximate surface area is 91.1 Å². The van der Waals surface area contributed by atoms with E-state index in [1.165, 1.54) is 0 Å². The third-order valence-electron chi connectivity index (χ3n) is 2.11. The molecule has 78 valence electrons. The maximum absolute atomic E-state index is 10.5. The van der Waals surface area contributed by atoms with Gasteiger partial charge in [0.1, 0.15) is 4.60 Å². The molecule has 1 atom stereocenters. The van der Waals surface area contributed by atoms with Gasteiger partial charge in [0.2, 0.25) is 0 Å². The zero-order chi connectivity index (χ0) is 10.7. The van der Waals surface area contributed by atoms with Crippen molar-refractivity contribution in [2.75, 3.05) is 0 Å². The average molecular weight is 261 g/mol. The van der Waals surface area contributed by atoms with Gasteiger partial charge in [0.25, 0.3) is 0 Å².